The van der Waals surface area contributed by atoms with Gasteiger partial charge in [0.05, 0.1) is 0 Å². The fraction of sp³-hybridized carbons (Fsp3) is 0.692. The fourth-order valence-corrected chi connectivity index (χ4v) is 1.97. The Bertz CT molecular complexity index is 506. The summed E-state index contributed by atoms with van der Waals surface area (Å²) in [6.07, 6.45) is -2.78. The maximum Gasteiger partial charge on any atom is 0.405 e. The highest BCUT2D eigenvalue weighted by Crippen LogP contribution is 2.35. The molecule has 1 heterocycles. The predicted octanol–water partition coefficient (Wildman–Crippen LogP) is 2.59. The Morgan fingerprint density at radius 3 is 2.33 bits per heavy atom. The standard InChI is InChI=1S/C13H20F3N5/c1-12(2,3)11-18-9(20-17)6-10(19-11)21(8-4-5-8)7-13(14,15)16/h6,8H,4-5,7,17H2,1-3H3,(H,18,19,20). The Kier molecular flexibility index (Phi) is 4.01. The molecular formula is C13H20F3N5. The molecular weight excluding hydrogens is 283 g/mol. The second-order valence-electron chi connectivity index (χ2n) is 6.30. The van der Waals surface area contributed by atoms with Gasteiger partial charge in [-0.05, 0) is 12.8 Å². The molecule has 1 aromatic rings. The highest BCUT2D eigenvalue weighted by atomic mass is 19.4. The van der Waals surface area contributed by atoms with Crippen LogP contribution in [0.2, 0.25) is 0 Å². The molecule has 1 aliphatic carbocycles. The number of nitrogens with zero attached hydrogens (tertiary/aromatic N) is 3. The van der Waals surface area contributed by atoms with Gasteiger partial charge < -0.3 is 10.3 Å². The summed E-state index contributed by atoms with van der Waals surface area (Å²) in [4.78, 5) is 9.83. The fourth-order valence-electron chi connectivity index (χ4n) is 1.97. The third kappa shape index (κ3) is 4.20. The number of hydrogen-bond acceptors (Lipinski definition) is 5. The van der Waals surface area contributed by atoms with E-state index >= 15 is 0 Å². The molecule has 1 saturated carbocycles. The van der Waals surface area contributed by atoms with Crippen LogP contribution in [0.1, 0.15) is 39.4 Å². The van der Waals surface area contributed by atoms with Crippen molar-refractivity contribution >= 4 is 11.6 Å². The molecule has 0 amide bonds. The number of nitrogens with two attached hydrogens (primary N) is 1. The molecule has 5 nitrogen and oxygen atoms in total. The molecule has 1 aliphatic rings. The van der Waals surface area contributed by atoms with Gasteiger partial charge in [0.1, 0.15) is 24.0 Å². The predicted molar refractivity (Wildman–Crippen MR) is 75.0 cm³/mol. The third-order valence-electron chi connectivity index (χ3n) is 3.16. The van der Waals surface area contributed by atoms with Gasteiger partial charge >= 0.3 is 6.18 Å². The quantitative estimate of drug-likeness (QED) is 0.661. The molecule has 0 bridgehead atoms. The summed E-state index contributed by atoms with van der Waals surface area (Å²) in [7, 11) is 0. The number of anilines is 2. The van der Waals surface area contributed by atoms with Crippen LogP contribution >= 0.6 is 0 Å². The Labute approximate surface area is 121 Å². The van der Waals surface area contributed by atoms with E-state index in [0.29, 0.717) is 11.6 Å². The number of alkyl halides is 3. The van der Waals surface area contributed by atoms with Gasteiger partial charge in [-0.25, -0.2) is 15.8 Å². The van der Waals surface area contributed by atoms with Crippen LogP contribution in [0, 0.1) is 0 Å². The largest absolute Gasteiger partial charge is 0.405 e. The molecule has 0 aromatic carbocycles. The van der Waals surface area contributed by atoms with Crippen LogP contribution in [0.4, 0.5) is 24.8 Å². The van der Waals surface area contributed by atoms with E-state index in [-0.39, 0.29) is 17.3 Å². The minimum absolute atomic E-state index is 0.111. The first kappa shape index (κ1) is 15.8. The van der Waals surface area contributed by atoms with Crippen molar-refractivity contribution in [3.05, 3.63) is 11.9 Å². The molecule has 0 radical (unpaired) electrons. The molecule has 1 fully saturated rings. The number of halogens is 3. The van der Waals surface area contributed by atoms with Crippen LogP contribution in [0.3, 0.4) is 0 Å². The van der Waals surface area contributed by atoms with Crippen molar-refractivity contribution in [2.75, 3.05) is 16.9 Å². The summed E-state index contributed by atoms with van der Waals surface area (Å²) < 4.78 is 38.3. The summed E-state index contributed by atoms with van der Waals surface area (Å²) in [5, 5.41) is 0. The number of aromatic nitrogens is 2. The molecule has 21 heavy (non-hydrogen) atoms. The van der Waals surface area contributed by atoms with E-state index in [1.165, 1.54) is 11.0 Å². The second-order valence-corrected chi connectivity index (χ2v) is 6.30. The van der Waals surface area contributed by atoms with Gasteiger partial charge in [-0.1, -0.05) is 20.8 Å². The van der Waals surface area contributed by atoms with E-state index in [1.54, 1.807) is 0 Å². The third-order valence-corrected chi connectivity index (χ3v) is 3.16. The van der Waals surface area contributed by atoms with Crippen molar-refractivity contribution in [1.82, 2.24) is 9.97 Å². The SMILES string of the molecule is CC(C)(C)c1nc(NN)cc(N(CC(F)(F)F)C2CC2)n1. The molecule has 8 heteroatoms. The van der Waals surface area contributed by atoms with Crippen LogP contribution in [-0.2, 0) is 5.41 Å². The Hall–Kier alpha value is -1.57. The van der Waals surface area contributed by atoms with Gasteiger partial charge in [0.2, 0.25) is 0 Å². The average Bonchev–Trinajstić information content (AvgIpc) is 3.17. The van der Waals surface area contributed by atoms with Crippen molar-refractivity contribution in [2.24, 2.45) is 5.84 Å². The lowest BCUT2D eigenvalue weighted by atomic mass is 9.96. The Balaban J connectivity index is 2.39. The maximum absolute atomic E-state index is 12.8. The molecule has 0 unspecified atom stereocenters. The number of rotatable bonds is 4. The smallest absolute Gasteiger partial charge is 0.344 e. The number of hydrazine groups is 1. The van der Waals surface area contributed by atoms with Gasteiger partial charge in [-0.15, -0.1) is 0 Å². The summed E-state index contributed by atoms with van der Waals surface area (Å²) in [6, 6.07) is 1.35. The molecule has 0 spiro atoms. The highest BCUT2D eigenvalue weighted by Gasteiger charge is 2.39. The topological polar surface area (TPSA) is 67.1 Å². The first-order valence-corrected chi connectivity index (χ1v) is 6.80. The normalized spacial score (nSPS) is 16.0. The zero-order valence-corrected chi connectivity index (χ0v) is 12.3. The molecule has 118 valence electrons. The lowest BCUT2D eigenvalue weighted by molar-refractivity contribution is -0.120. The minimum Gasteiger partial charge on any atom is -0.344 e. The lowest BCUT2D eigenvalue weighted by Crippen LogP contribution is -2.37. The van der Waals surface area contributed by atoms with Crippen molar-refractivity contribution in [2.45, 2.75) is 51.2 Å². The van der Waals surface area contributed by atoms with Crippen molar-refractivity contribution < 1.29 is 13.2 Å². The summed E-state index contributed by atoms with van der Waals surface area (Å²) in [5.74, 6) is 6.41. The van der Waals surface area contributed by atoms with E-state index in [0.717, 1.165) is 12.8 Å². The molecule has 0 aliphatic heterocycles. The minimum atomic E-state index is -4.27. The van der Waals surface area contributed by atoms with E-state index in [2.05, 4.69) is 15.4 Å². The first-order chi connectivity index (χ1) is 9.60. The second kappa shape index (κ2) is 5.32. The average molecular weight is 303 g/mol. The van der Waals surface area contributed by atoms with Crippen LogP contribution in [0.25, 0.3) is 0 Å². The molecule has 0 saturated heterocycles. The maximum atomic E-state index is 12.8. The van der Waals surface area contributed by atoms with Gasteiger partial charge in [-0.2, -0.15) is 13.2 Å². The van der Waals surface area contributed by atoms with E-state index in [4.69, 9.17) is 5.84 Å². The number of nitrogens with one attached hydrogen (secondary N) is 1. The summed E-state index contributed by atoms with van der Waals surface area (Å²) in [6.45, 7) is 4.69. The van der Waals surface area contributed by atoms with Gasteiger partial charge in [0.15, 0.2) is 0 Å². The molecule has 1 aromatic heterocycles. The van der Waals surface area contributed by atoms with E-state index in [1.807, 2.05) is 20.8 Å². The Morgan fingerprint density at radius 2 is 1.90 bits per heavy atom. The van der Waals surface area contributed by atoms with Crippen LogP contribution < -0.4 is 16.2 Å². The van der Waals surface area contributed by atoms with Crippen molar-refractivity contribution in [3.63, 3.8) is 0 Å². The van der Waals surface area contributed by atoms with Gasteiger partial charge in [-0.3, -0.25) is 0 Å². The molecule has 2 rings (SSSR count). The van der Waals surface area contributed by atoms with Crippen molar-refractivity contribution in [1.29, 1.82) is 0 Å². The lowest BCUT2D eigenvalue weighted by Gasteiger charge is -2.27. The Morgan fingerprint density at radius 1 is 1.29 bits per heavy atom. The summed E-state index contributed by atoms with van der Waals surface area (Å²) >= 11 is 0. The summed E-state index contributed by atoms with van der Waals surface area (Å²) in [5.41, 5.74) is 2.02. The first-order valence-electron chi connectivity index (χ1n) is 6.80. The molecule has 3 N–H and O–H groups in total. The molecule has 0 atom stereocenters. The van der Waals surface area contributed by atoms with Gasteiger partial charge in [0, 0.05) is 17.5 Å². The van der Waals surface area contributed by atoms with Crippen LogP contribution in [0.5, 0.6) is 0 Å². The number of hydrogen-bond donors (Lipinski definition) is 2. The number of nitrogen functional groups attached to an aromatic ring is 1. The monoisotopic (exact) mass is 303 g/mol. The van der Waals surface area contributed by atoms with E-state index < -0.39 is 12.7 Å². The van der Waals surface area contributed by atoms with E-state index in [9.17, 15) is 13.2 Å². The van der Waals surface area contributed by atoms with Crippen molar-refractivity contribution in [3.8, 4) is 0 Å². The highest BCUT2D eigenvalue weighted by molar-refractivity contribution is 5.51. The zero-order chi connectivity index (χ0) is 15.8. The van der Waals surface area contributed by atoms with Crippen LogP contribution in [-0.4, -0.2) is 28.7 Å². The zero-order valence-electron chi connectivity index (χ0n) is 12.3. The van der Waals surface area contributed by atoms with Gasteiger partial charge in [0.25, 0.3) is 0 Å². The van der Waals surface area contributed by atoms with Crippen LogP contribution in [0.15, 0.2) is 6.07 Å².